The van der Waals surface area contributed by atoms with Crippen LogP contribution < -0.4 is 0 Å². The number of Topliss-reactive ketones (excluding diaryl/α,β-unsaturated/α-hetero) is 1. The Morgan fingerprint density at radius 3 is 2.71 bits per heavy atom. The van der Waals surface area contributed by atoms with Crippen molar-refractivity contribution in [2.75, 3.05) is 0 Å². The van der Waals surface area contributed by atoms with Crippen molar-refractivity contribution in [1.82, 2.24) is 0 Å². The second-order valence-corrected chi connectivity index (χ2v) is 5.62. The fourth-order valence-electron chi connectivity index (χ4n) is 2.72. The fraction of sp³-hybridized carbons (Fsp3) is 0.438. The average Bonchev–Trinajstić information content (AvgIpc) is 2.41. The molecule has 5 heteroatoms. The summed E-state index contributed by atoms with van der Waals surface area (Å²) in [4.78, 5) is 22.5. The summed E-state index contributed by atoms with van der Waals surface area (Å²) in [5.41, 5.74) is 2.76. The van der Waals surface area contributed by atoms with Crippen LogP contribution in [0.1, 0.15) is 39.5 Å². The van der Waals surface area contributed by atoms with Gasteiger partial charge < -0.3 is 5.11 Å². The predicted octanol–water partition coefficient (Wildman–Crippen LogP) is 3.62. The number of hydrogen-bond acceptors (Lipinski definition) is 4. The Labute approximate surface area is 123 Å². The van der Waals surface area contributed by atoms with E-state index in [4.69, 9.17) is 0 Å². The first-order chi connectivity index (χ1) is 9.90. The zero-order valence-electron chi connectivity index (χ0n) is 12.3. The predicted molar refractivity (Wildman–Crippen MR) is 79.2 cm³/mol. The van der Waals surface area contributed by atoms with Gasteiger partial charge in [-0.2, -0.15) is 0 Å². The number of carbonyl (C=O) groups is 1. The van der Waals surface area contributed by atoms with Crippen LogP contribution in [-0.2, 0) is 4.79 Å². The quantitative estimate of drug-likeness (QED) is 0.590. The van der Waals surface area contributed by atoms with Gasteiger partial charge in [0.05, 0.1) is 4.92 Å². The van der Waals surface area contributed by atoms with Gasteiger partial charge in [0.1, 0.15) is 0 Å². The molecule has 0 saturated heterocycles. The van der Waals surface area contributed by atoms with Gasteiger partial charge in [0, 0.05) is 12.0 Å². The van der Waals surface area contributed by atoms with Crippen molar-refractivity contribution in [2.45, 2.75) is 39.5 Å². The van der Waals surface area contributed by atoms with Crippen molar-refractivity contribution in [3.63, 3.8) is 0 Å². The molecule has 0 bridgehead atoms. The van der Waals surface area contributed by atoms with E-state index in [-0.39, 0.29) is 23.2 Å². The Hall–Kier alpha value is -2.17. The monoisotopic (exact) mass is 289 g/mol. The van der Waals surface area contributed by atoms with Crippen molar-refractivity contribution >= 4 is 5.78 Å². The molecule has 1 N–H and O–H groups in total. The lowest BCUT2D eigenvalue weighted by Crippen LogP contribution is -2.17. The Kier molecular flexibility index (Phi) is 4.40. The summed E-state index contributed by atoms with van der Waals surface area (Å²) in [6.45, 7) is 3.80. The van der Waals surface area contributed by atoms with Gasteiger partial charge in [-0.15, -0.1) is 0 Å². The van der Waals surface area contributed by atoms with Gasteiger partial charge in [-0.1, -0.05) is 12.5 Å². The third kappa shape index (κ3) is 3.29. The van der Waals surface area contributed by atoms with Crippen molar-refractivity contribution in [2.24, 2.45) is 5.92 Å². The smallest absolute Gasteiger partial charge is 0.266 e. The molecule has 0 aliphatic heterocycles. The summed E-state index contributed by atoms with van der Waals surface area (Å²) in [6, 6.07) is 0. The third-order valence-corrected chi connectivity index (χ3v) is 4.07. The Morgan fingerprint density at radius 1 is 1.33 bits per heavy atom. The fourth-order valence-corrected chi connectivity index (χ4v) is 2.72. The number of fused-ring (bicyclic) bond motifs is 1. The molecule has 1 unspecified atom stereocenters. The maximum Gasteiger partial charge on any atom is 0.266 e. The highest BCUT2D eigenvalue weighted by Gasteiger charge is 2.24. The number of carbonyl (C=O) groups excluding carboxylic acids is 1. The molecule has 0 saturated carbocycles. The standard InChI is InChI=1S/C16H19NO4/c1-10-4-3-5-13(17(20)21)8-12-9-15(18)16(19)11(2)6-7-14(10)12/h5,8-9,11,18H,3-4,6-7H2,1-2H3. The summed E-state index contributed by atoms with van der Waals surface area (Å²) in [5, 5.41) is 21.0. The van der Waals surface area contributed by atoms with Crippen LogP contribution >= 0.6 is 0 Å². The molecule has 0 spiro atoms. The largest absolute Gasteiger partial charge is 0.504 e. The molecule has 2 rings (SSSR count). The number of ketones is 1. The van der Waals surface area contributed by atoms with Gasteiger partial charge in [0.15, 0.2) is 11.5 Å². The number of allylic oxidation sites excluding steroid dienone is 7. The van der Waals surface area contributed by atoms with E-state index in [9.17, 15) is 20.0 Å². The van der Waals surface area contributed by atoms with Crippen molar-refractivity contribution in [1.29, 1.82) is 0 Å². The first-order valence-corrected chi connectivity index (χ1v) is 7.10. The van der Waals surface area contributed by atoms with Gasteiger partial charge in [0.2, 0.25) is 0 Å². The molecular formula is C16H19NO4. The first kappa shape index (κ1) is 15.2. The molecule has 0 fully saturated rings. The molecule has 0 amide bonds. The summed E-state index contributed by atoms with van der Waals surface area (Å²) in [5.74, 6) is -0.859. The molecular weight excluding hydrogens is 270 g/mol. The van der Waals surface area contributed by atoms with E-state index in [1.807, 2.05) is 6.92 Å². The van der Waals surface area contributed by atoms with E-state index in [2.05, 4.69) is 0 Å². The highest BCUT2D eigenvalue weighted by Crippen LogP contribution is 2.32. The van der Waals surface area contributed by atoms with Crippen molar-refractivity contribution in [3.05, 3.63) is 56.5 Å². The first-order valence-electron chi connectivity index (χ1n) is 7.10. The normalized spacial score (nSPS) is 23.8. The molecule has 5 nitrogen and oxygen atoms in total. The molecule has 0 heterocycles. The lowest BCUT2D eigenvalue weighted by atomic mass is 9.85. The van der Waals surface area contributed by atoms with Crippen molar-refractivity contribution in [3.8, 4) is 0 Å². The zero-order valence-corrected chi connectivity index (χ0v) is 12.3. The molecule has 2 aliphatic carbocycles. The number of aliphatic hydroxyl groups is 1. The van der Waals surface area contributed by atoms with Crippen LogP contribution in [-0.4, -0.2) is 15.8 Å². The Morgan fingerprint density at radius 2 is 2.05 bits per heavy atom. The highest BCUT2D eigenvalue weighted by molar-refractivity contribution is 5.95. The molecule has 112 valence electrons. The van der Waals surface area contributed by atoms with Crippen LogP contribution in [0.25, 0.3) is 0 Å². The molecule has 0 aromatic rings. The maximum atomic E-state index is 11.9. The maximum absolute atomic E-state index is 11.9. The number of hydrogen-bond donors (Lipinski definition) is 1. The topological polar surface area (TPSA) is 80.4 Å². The number of rotatable bonds is 1. The van der Waals surface area contributed by atoms with E-state index in [1.54, 1.807) is 13.0 Å². The average molecular weight is 289 g/mol. The van der Waals surface area contributed by atoms with Gasteiger partial charge in [-0.25, -0.2) is 0 Å². The van der Waals surface area contributed by atoms with E-state index in [0.717, 1.165) is 17.6 Å². The minimum atomic E-state index is -0.431. The Bertz CT molecular complexity index is 608. The molecule has 0 aromatic carbocycles. The van der Waals surface area contributed by atoms with Crippen LogP contribution in [0.3, 0.4) is 0 Å². The molecule has 1 atom stereocenters. The van der Waals surface area contributed by atoms with Crippen LogP contribution in [0.5, 0.6) is 0 Å². The minimum absolute atomic E-state index is 0.0140. The minimum Gasteiger partial charge on any atom is -0.504 e. The van der Waals surface area contributed by atoms with Gasteiger partial charge >= 0.3 is 0 Å². The SMILES string of the molecule is CC1=C2CCC(C)C(=O)C(O)=CC2=CC([N+](=O)[O-])=CCC1. The van der Waals surface area contributed by atoms with Crippen LogP contribution in [0.4, 0.5) is 0 Å². The number of nitro groups is 1. The van der Waals surface area contributed by atoms with Crippen LogP contribution in [0.15, 0.2) is 46.4 Å². The summed E-state index contributed by atoms with van der Waals surface area (Å²) >= 11 is 0. The second-order valence-electron chi connectivity index (χ2n) is 5.62. The molecule has 2 aliphatic rings. The van der Waals surface area contributed by atoms with E-state index in [1.165, 1.54) is 12.2 Å². The number of nitrogens with zero attached hydrogens (tertiary/aromatic N) is 1. The summed E-state index contributed by atoms with van der Waals surface area (Å²) < 4.78 is 0. The lowest BCUT2D eigenvalue weighted by Gasteiger charge is -2.20. The second kappa shape index (κ2) is 6.08. The third-order valence-electron chi connectivity index (χ3n) is 4.07. The van der Waals surface area contributed by atoms with Gasteiger partial charge in [-0.05, 0) is 55.9 Å². The van der Waals surface area contributed by atoms with E-state index >= 15 is 0 Å². The van der Waals surface area contributed by atoms with Crippen molar-refractivity contribution < 1.29 is 14.8 Å². The lowest BCUT2D eigenvalue weighted by molar-refractivity contribution is -0.419. The van der Waals surface area contributed by atoms with Gasteiger partial charge in [0.25, 0.3) is 5.70 Å². The van der Waals surface area contributed by atoms with E-state index < -0.39 is 4.92 Å². The Balaban J connectivity index is 2.59. The molecule has 21 heavy (non-hydrogen) atoms. The highest BCUT2D eigenvalue weighted by atomic mass is 16.6. The summed E-state index contributed by atoms with van der Waals surface area (Å²) in [7, 11) is 0. The zero-order chi connectivity index (χ0) is 15.6. The van der Waals surface area contributed by atoms with Gasteiger partial charge in [-0.3, -0.25) is 14.9 Å². The molecule has 0 aromatic heterocycles. The summed E-state index contributed by atoms with van der Waals surface area (Å²) in [6.07, 6.45) is 7.12. The number of aliphatic hydroxyl groups excluding tert-OH is 1. The van der Waals surface area contributed by atoms with Crippen LogP contribution in [0.2, 0.25) is 0 Å². The molecule has 0 radical (unpaired) electrons. The van der Waals surface area contributed by atoms with E-state index in [0.29, 0.717) is 24.8 Å². The van der Waals surface area contributed by atoms with Crippen LogP contribution in [0, 0.1) is 16.0 Å².